The van der Waals surface area contributed by atoms with Gasteiger partial charge in [-0.3, -0.25) is 9.48 Å². The van der Waals surface area contributed by atoms with Gasteiger partial charge in [-0.2, -0.15) is 5.10 Å². The number of halogens is 1. The fourth-order valence-electron chi connectivity index (χ4n) is 3.42. The van der Waals surface area contributed by atoms with Gasteiger partial charge in [0.05, 0.1) is 17.5 Å². The molecule has 1 aliphatic carbocycles. The van der Waals surface area contributed by atoms with Crippen LogP contribution in [0.25, 0.3) is 0 Å². The average Bonchev–Trinajstić information content (AvgIpc) is 3.21. The van der Waals surface area contributed by atoms with Crippen molar-refractivity contribution in [3.05, 3.63) is 46.2 Å². The number of hydrogen-bond donors (Lipinski definition) is 1. The molecule has 1 aromatic heterocycles. The number of aromatic nitrogens is 2. The van der Waals surface area contributed by atoms with Gasteiger partial charge < -0.3 is 5.32 Å². The molecule has 0 spiro atoms. The first kappa shape index (κ1) is 17.5. The minimum atomic E-state index is -3.01. The van der Waals surface area contributed by atoms with E-state index in [1.54, 1.807) is 22.9 Å². The molecule has 6 nitrogen and oxygen atoms in total. The van der Waals surface area contributed by atoms with Crippen LogP contribution in [-0.2, 0) is 9.84 Å². The van der Waals surface area contributed by atoms with Crippen LogP contribution >= 0.6 is 11.6 Å². The summed E-state index contributed by atoms with van der Waals surface area (Å²) in [4.78, 5) is 12.7. The highest BCUT2D eigenvalue weighted by molar-refractivity contribution is 7.91. The molecular weight excluding hydrogens is 374 g/mol. The second-order valence-corrected chi connectivity index (χ2v) is 9.81. The first-order valence-corrected chi connectivity index (χ1v) is 10.9. The summed E-state index contributed by atoms with van der Waals surface area (Å²) in [7, 11) is -3.01. The number of carbonyl (C=O) groups is 1. The van der Waals surface area contributed by atoms with Crippen molar-refractivity contribution in [3.63, 3.8) is 0 Å². The third kappa shape index (κ3) is 3.50. The molecule has 1 N–H and O–H groups in total. The van der Waals surface area contributed by atoms with Crippen LogP contribution in [0.3, 0.4) is 0 Å². The van der Waals surface area contributed by atoms with Gasteiger partial charge >= 0.3 is 0 Å². The Labute approximate surface area is 157 Å². The fourth-order valence-corrected chi connectivity index (χ4v) is 5.34. The van der Waals surface area contributed by atoms with E-state index in [1.807, 2.05) is 13.0 Å². The summed E-state index contributed by atoms with van der Waals surface area (Å²) < 4.78 is 25.4. The van der Waals surface area contributed by atoms with Gasteiger partial charge in [0.1, 0.15) is 0 Å². The van der Waals surface area contributed by atoms with Crippen molar-refractivity contribution in [1.82, 2.24) is 9.78 Å². The van der Waals surface area contributed by atoms with Gasteiger partial charge in [0, 0.05) is 22.3 Å². The molecule has 2 fully saturated rings. The maximum Gasteiger partial charge on any atom is 0.276 e. The molecule has 2 heterocycles. The smallest absolute Gasteiger partial charge is 0.276 e. The van der Waals surface area contributed by atoms with Gasteiger partial charge in [0.15, 0.2) is 15.5 Å². The molecule has 1 atom stereocenters. The van der Waals surface area contributed by atoms with E-state index >= 15 is 0 Å². The third-order valence-electron chi connectivity index (χ3n) is 4.98. The Morgan fingerprint density at radius 3 is 2.65 bits per heavy atom. The maximum atomic E-state index is 12.7. The lowest BCUT2D eigenvalue weighted by Crippen LogP contribution is -2.17. The first-order valence-electron chi connectivity index (χ1n) is 8.70. The van der Waals surface area contributed by atoms with Crippen LogP contribution in [0.4, 0.5) is 5.69 Å². The zero-order valence-electron chi connectivity index (χ0n) is 14.4. The number of rotatable bonds is 4. The normalized spacial score (nSPS) is 21.7. The predicted molar refractivity (Wildman–Crippen MR) is 101 cm³/mol. The highest BCUT2D eigenvalue weighted by Gasteiger charge is 2.36. The van der Waals surface area contributed by atoms with Gasteiger partial charge in [-0.15, -0.1) is 0 Å². The van der Waals surface area contributed by atoms with Gasteiger partial charge in [-0.1, -0.05) is 11.6 Å². The second-order valence-electron chi connectivity index (χ2n) is 7.14. The van der Waals surface area contributed by atoms with E-state index in [-0.39, 0.29) is 23.5 Å². The Morgan fingerprint density at radius 2 is 2.04 bits per heavy atom. The molecule has 1 amide bonds. The lowest BCUT2D eigenvalue weighted by atomic mass is 10.2. The molecule has 1 saturated carbocycles. The standard InChI is InChI=1S/C18H20ClN3O3S/c1-11-8-13(19)4-5-15(11)20-18(23)16-9-17(12-2-3-12)22(21-16)14-6-7-26(24,25)10-14/h4-5,8-9,12,14H,2-3,6-7,10H2,1H3,(H,20,23). The summed E-state index contributed by atoms with van der Waals surface area (Å²) >= 11 is 5.95. The van der Waals surface area contributed by atoms with Crippen LogP contribution in [0.2, 0.25) is 5.02 Å². The van der Waals surface area contributed by atoms with Crippen molar-refractivity contribution < 1.29 is 13.2 Å². The van der Waals surface area contributed by atoms with E-state index in [0.717, 1.165) is 24.1 Å². The average molecular weight is 394 g/mol. The Kier molecular flexibility index (Phi) is 4.31. The van der Waals surface area contributed by atoms with Crippen molar-refractivity contribution in [2.45, 2.75) is 38.1 Å². The number of sulfone groups is 1. The molecule has 4 rings (SSSR count). The summed E-state index contributed by atoms with van der Waals surface area (Å²) in [6.07, 6.45) is 2.67. The van der Waals surface area contributed by atoms with Crippen molar-refractivity contribution in [3.8, 4) is 0 Å². The van der Waals surface area contributed by atoms with E-state index in [4.69, 9.17) is 11.6 Å². The molecular formula is C18H20ClN3O3S. The van der Waals surface area contributed by atoms with E-state index in [9.17, 15) is 13.2 Å². The molecule has 8 heteroatoms. The molecule has 26 heavy (non-hydrogen) atoms. The van der Waals surface area contributed by atoms with Crippen LogP contribution in [0, 0.1) is 6.92 Å². The van der Waals surface area contributed by atoms with Gasteiger partial charge in [0.25, 0.3) is 5.91 Å². The lowest BCUT2D eigenvalue weighted by molar-refractivity contribution is 0.102. The van der Waals surface area contributed by atoms with Crippen molar-refractivity contribution in [1.29, 1.82) is 0 Å². The fraction of sp³-hybridized carbons (Fsp3) is 0.444. The molecule has 1 aliphatic heterocycles. The van der Waals surface area contributed by atoms with Gasteiger partial charge in [0.2, 0.25) is 0 Å². The van der Waals surface area contributed by atoms with Crippen molar-refractivity contribution >= 4 is 33.0 Å². The molecule has 0 bridgehead atoms. The molecule has 0 radical (unpaired) electrons. The highest BCUT2D eigenvalue weighted by Crippen LogP contribution is 2.42. The van der Waals surface area contributed by atoms with Gasteiger partial charge in [-0.05, 0) is 56.0 Å². The van der Waals surface area contributed by atoms with E-state index < -0.39 is 9.84 Å². The predicted octanol–water partition coefficient (Wildman–Crippen LogP) is 3.33. The quantitative estimate of drug-likeness (QED) is 0.863. The van der Waals surface area contributed by atoms with Crippen molar-refractivity contribution in [2.24, 2.45) is 0 Å². The Hall–Kier alpha value is -1.86. The Morgan fingerprint density at radius 1 is 1.27 bits per heavy atom. The molecule has 1 saturated heterocycles. The third-order valence-corrected chi connectivity index (χ3v) is 6.97. The minimum absolute atomic E-state index is 0.103. The van der Waals surface area contributed by atoms with E-state index in [1.165, 1.54) is 0 Å². The summed E-state index contributed by atoms with van der Waals surface area (Å²) in [6.45, 7) is 1.87. The highest BCUT2D eigenvalue weighted by atomic mass is 35.5. The van der Waals surface area contributed by atoms with Crippen LogP contribution in [0.5, 0.6) is 0 Å². The number of amides is 1. The number of anilines is 1. The number of nitrogens with one attached hydrogen (secondary N) is 1. The number of benzene rings is 1. The molecule has 1 aromatic carbocycles. The zero-order chi connectivity index (χ0) is 18.5. The number of carbonyl (C=O) groups excluding carboxylic acids is 1. The van der Waals surface area contributed by atoms with Crippen molar-refractivity contribution in [2.75, 3.05) is 16.8 Å². The molecule has 138 valence electrons. The van der Waals surface area contributed by atoms with Crippen LogP contribution in [-0.4, -0.2) is 35.6 Å². The number of aryl methyl sites for hydroxylation is 1. The molecule has 2 aliphatic rings. The van der Waals surface area contributed by atoms with E-state index in [2.05, 4.69) is 10.4 Å². The van der Waals surface area contributed by atoms with Crippen LogP contribution in [0.1, 0.15) is 53.0 Å². The molecule has 2 aromatic rings. The second kappa shape index (κ2) is 6.39. The SMILES string of the molecule is Cc1cc(Cl)ccc1NC(=O)c1cc(C2CC2)n(C2CCS(=O)(=O)C2)n1. The largest absolute Gasteiger partial charge is 0.320 e. The summed E-state index contributed by atoms with van der Waals surface area (Å²) in [5.41, 5.74) is 2.86. The first-order chi connectivity index (χ1) is 12.3. The molecule has 1 unspecified atom stereocenters. The summed E-state index contributed by atoms with van der Waals surface area (Å²) in [5.74, 6) is 0.375. The maximum absolute atomic E-state index is 12.7. The van der Waals surface area contributed by atoms with Gasteiger partial charge in [-0.25, -0.2) is 8.42 Å². The number of hydrogen-bond acceptors (Lipinski definition) is 4. The Bertz CT molecular complexity index is 980. The van der Waals surface area contributed by atoms with E-state index in [0.29, 0.717) is 28.7 Å². The number of nitrogens with zero attached hydrogens (tertiary/aromatic N) is 2. The Balaban J connectivity index is 1.60. The monoisotopic (exact) mass is 393 g/mol. The van der Waals surface area contributed by atoms with Crippen LogP contribution in [0.15, 0.2) is 24.3 Å². The topological polar surface area (TPSA) is 81.1 Å². The minimum Gasteiger partial charge on any atom is -0.320 e. The zero-order valence-corrected chi connectivity index (χ0v) is 16.0. The lowest BCUT2D eigenvalue weighted by Gasteiger charge is -2.12. The van der Waals surface area contributed by atoms with Crippen LogP contribution < -0.4 is 5.32 Å². The summed E-state index contributed by atoms with van der Waals surface area (Å²) in [6, 6.07) is 6.91. The summed E-state index contributed by atoms with van der Waals surface area (Å²) in [5, 5.41) is 7.96.